The predicted molar refractivity (Wildman–Crippen MR) is 76.1 cm³/mol. The molecule has 0 atom stereocenters. The Kier molecular flexibility index (Phi) is 4.93. The molecule has 6 nitrogen and oxygen atoms in total. The average molecular weight is 265 g/mol. The summed E-state index contributed by atoms with van der Waals surface area (Å²) in [5.74, 6) is 7.90. The lowest BCUT2D eigenvalue weighted by Crippen LogP contribution is -2.37. The van der Waals surface area contributed by atoms with Crippen molar-refractivity contribution in [1.29, 1.82) is 0 Å². The molecular weight excluding hydrogens is 242 g/mol. The van der Waals surface area contributed by atoms with E-state index in [0.29, 0.717) is 11.9 Å². The molecule has 0 saturated carbocycles. The minimum atomic E-state index is 0.390. The lowest BCUT2D eigenvalue weighted by Gasteiger charge is -2.32. The Labute approximate surface area is 114 Å². The Morgan fingerprint density at radius 3 is 2.68 bits per heavy atom. The minimum absolute atomic E-state index is 0.390. The van der Waals surface area contributed by atoms with Gasteiger partial charge in [0.25, 0.3) is 0 Å². The second-order valence-electron chi connectivity index (χ2n) is 4.67. The third kappa shape index (κ3) is 3.54. The molecule has 1 aliphatic rings. The lowest BCUT2D eigenvalue weighted by molar-refractivity contribution is 0.0458. The van der Waals surface area contributed by atoms with E-state index in [9.17, 15) is 0 Å². The SMILES string of the molecule is CCOC1CCN(c2cc(NN)nc(CC)n2)CC1. The number of piperidine rings is 1. The van der Waals surface area contributed by atoms with Crippen molar-refractivity contribution in [2.75, 3.05) is 30.0 Å². The first-order valence-electron chi connectivity index (χ1n) is 6.98. The van der Waals surface area contributed by atoms with Crippen molar-refractivity contribution in [2.24, 2.45) is 5.84 Å². The van der Waals surface area contributed by atoms with Gasteiger partial charge in [-0.2, -0.15) is 0 Å². The van der Waals surface area contributed by atoms with E-state index in [2.05, 4.69) is 20.3 Å². The Morgan fingerprint density at radius 2 is 2.11 bits per heavy atom. The van der Waals surface area contributed by atoms with Crippen LogP contribution >= 0.6 is 0 Å². The van der Waals surface area contributed by atoms with Crippen molar-refractivity contribution in [1.82, 2.24) is 9.97 Å². The van der Waals surface area contributed by atoms with Crippen LogP contribution in [0.25, 0.3) is 0 Å². The molecule has 1 aliphatic heterocycles. The largest absolute Gasteiger partial charge is 0.378 e. The number of nitrogen functional groups attached to an aromatic ring is 1. The summed E-state index contributed by atoms with van der Waals surface area (Å²) in [7, 11) is 0. The number of nitrogens with zero attached hydrogens (tertiary/aromatic N) is 3. The summed E-state index contributed by atoms with van der Waals surface area (Å²) in [5, 5.41) is 0. The third-order valence-electron chi connectivity index (χ3n) is 3.39. The maximum absolute atomic E-state index is 5.67. The summed E-state index contributed by atoms with van der Waals surface area (Å²) in [6.45, 7) is 6.81. The van der Waals surface area contributed by atoms with Crippen LogP contribution in [0.1, 0.15) is 32.5 Å². The molecule has 0 spiro atoms. The van der Waals surface area contributed by atoms with Crippen LogP contribution in [0.15, 0.2) is 6.07 Å². The first-order valence-corrected chi connectivity index (χ1v) is 6.98. The molecule has 0 radical (unpaired) electrons. The fraction of sp³-hybridized carbons (Fsp3) is 0.692. The molecule has 3 N–H and O–H groups in total. The molecule has 1 aromatic heterocycles. The van der Waals surface area contributed by atoms with Crippen molar-refractivity contribution in [3.63, 3.8) is 0 Å². The van der Waals surface area contributed by atoms with Crippen LogP contribution in [0, 0.1) is 0 Å². The van der Waals surface area contributed by atoms with Crippen LogP contribution in [0.2, 0.25) is 0 Å². The molecular formula is C13H23N5O. The Balaban J connectivity index is 2.06. The lowest BCUT2D eigenvalue weighted by atomic mass is 10.1. The number of hydrogen-bond acceptors (Lipinski definition) is 6. The van der Waals surface area contributed by atoms with Gasteiger partial charge < -0.3 is 15.1 Å². The van der Waals surface area contributed by atoms with E-state index >= 15 is 0 Å². The highest BCUT2D eigenvalue weighted by Gasteiger charge is 2.21. The number of hydrazine groups is 1. The number of rotatable bonds is 5. The first kappa shape index (κ1) is 14.0. The van der Waals surface area contributed by atoms with Gasteiger partial charge in [0, 0.05) is 32.2 Å². The van der Waals surface area contributed by atoms with Crippen LogP contribution < -0.4 is 16.2 Å². The topological polar surface area (TPSA) is 76.3 Å². The Hall–Kier alpha value is -1.40. The van der Waals surface area contributed by atoms with Gasteiger partial charge in [-0.25, -0.2) is 15.8 Å². The molecule has 1 aromatic rings. The number of hydrogen-bond donors (Lipinski definition) is 2. The normalized spacial score (nSPS) is 16.7. The highest BCUT2D eigenvalue weighted by atomic mass is 16.5. The van der Waals surface area contributed by atoms with E-state index in [-0.39, 0.29) is 0 Å². The van der Waals surface area contributed by atoms with Gasteiger partial charge in [0.1, 0.15) is 17.5 Å². The summed E-state index contributed by atoms with van der Waals surface area (Å²) < 4.78 is 5.67. The van der Waals surface area contributed by atoms with Crippen molar-refractivity contribution in [2.45, 2.75) is 39.2 Å². The second-order valence-corrected chi connectivity index (χ2v) is 4.67. The summed E-state index contributed by atoms with van der Waals surface area (Å²) in [6, 6.07) is 1.90. The van der Waals surface area contributed by atoms with Gasteiger partial charge in [-0.15, -0.1) is 0 Å². The zero-order valence-electron chi connectivity index (χ0n) is 11.7. The number of aromatic nitrogens is 2. The van der Waals surface area contributed by atoms with Crippen LogP contribution in [0.3, 0.4) is 0 Å². The quantitative estimate of drug-likeness (QED) is 0.618. The molecule has 106 valence electrons. The maximum atomic E-state index is 5.67. The molecule has 6 heteroatoms. The Morgan fingerprint density at radius 1 is 1.37 bits per heavy atom. The van der Waals surface area contributed by atoms with E-state index in [1.807, 2.05) is 19.9 Å². The Bertz CT molecular complexity index is 382. The molecule has 0 unspecified atom stereocenters. The molecule has 0 amide bonds. The number of nitrogens with two attached hydrogens (primary N) is 1. The van der Waals surface area contributed by atoms with Crippen LogP contribution in [-0.4, -0.2) is 35.8 Å². The zero-order chi connectivity index (χ0) is 13.7. The standard InChI is InChI=1S/C13H23N5O/c1-3-11-15-12(17-14)9-13(16-11)18-7-5-10(6-8-18)19-4-2/h9-10H,3-8,14H2,1-2H3,(H,15,16,17). The number of ether oxygens (including phenoxy) is 1. The smallest absolute Gasteiger partial charge is 0.145 e. The van der Waals surface area contributed by atoms with Crippen molar-refractivity contribution < 1.29 is 4.74 Å². The molecule has 0 bridgehead atoms. The first-order chi connectivity index (χ1) is 9.26. The van der Waals surface area contributed by atoms with Crippen molar-refractivity contribution >= 4 is 11.6 Å². The molecule has 2 heterocycles. The number of anilines is 2. The fourth-order valence-electron chi connectivity index (χ4n) is 2.36. The predicted octanol–water partition coefficient (Wildman–Crippen LogP) is 1.33. The molecule has 1 saturated heterocycles. The minimum Gasteiger partial charge on any atom is -0.378 e. The fourth-order valence-corrected chi connectivity index (χ4v) is 2.36. The van der Waals surface area contributed by atoms with Gasteiger partial charge in [-0.1, -0.05) is 6.92 Å². The maximum Gasteiger partial charge on any atom is 0.145 e. The summed E-state index contributed by atoms with van der Waals surface area (Å²) >= 11 is 0. The van der Waals surface area contributed by atoms with Gasteiger partial charge in [-0.3, -0.25) is 0 Å². The third-order valence-corrected chi connectivity index (χ3v) is 3.39. The highest BCUT2D eigenvalue weighted by molar-refractivity contribution is 5.49. The van der Waals surface area contributed by atoms with Gasteiger partial charge >= 0.3 is 0 Å². The monoisotopic (exact) mass is 265 g/mol. The van der Waals surface area contributed by atoms with E-state index in [4.69, 9.17) is 10.6 Å². The van der Waals surface area contributed by atoms with Gasteiger partial charge in [0.15, 0.2) is 0 Å². The van der Waals surface area contributed by atoms with Crippen molar-refractivity contribution in [3.8, 4) is 0 Å². The average Bonchev–Trinajstić information content (AvgIpc) is 2.47. The second kappa shape index (κ2) is 6.68. The van der Waals surface area contributed by atoms with Gasteiger partial charge in [0.2, 0.25) is 0 Å². The number of aryl methyl sites for hydroxylation is 1. The van der Waals surface area contributed by atoms with E-state index in [0.717, 1.165) is 50.6 Å². The van der Waals surface area contributed by atoms with E-state index in [1.54, 1.807) is 0 Å². The summed E-state index contributed by atoms with van der Waals surface area (Å²) in [6.07, 6.45) is 3.29. The van der Waals surface area contributed by atoms with Crippen molar-refractivity contribution in [3.05, 3.63) is 11.9 Å². The van der Waals surface area contributed by atoms with E-state index in [1.165, 1.54) is 0 Å². The van der Waals surface area contributed by atoms with Gasteiger partial charge in [0.05, 0.1) is 6.10 Å². The summed E-state index contributed by atoms with van der Waals surface area (Å²) in [5.41, 5.74) is 2.61. The summed E-state index contributed by atoms with van der Waals surface area (Å²) in [4.78, 5) is 11.2. The molecule has 19 heavy (non-hydrogen) atoms. The molecule has 0 aromatic carbocycles. The molecule has 1 fully saturated rings. The van der Waals surface area contributed by atoms with Crippen LogP contribution in [0.5, 0.6) is 0 Å². The van der Waals surface area contributed by atoms with Crippen LogP contribution in [0.4, 0.5) is 11.6 Å². The van der Waals surface area contributed by atoms with E-state index < -0.39 is 0 Å². The number of nitrogens with one attached hydrogen (secondary N) is 1. The molecule has 2 rings (SSSR count). The van der Waals surface area contributed by atoms with Crippen LogP contribution in [-0.2, 0) is 11.2 Å². The molecule has 0 aliphatic carbocycles. The highest BCUT2D eigenvalue weighted by Crippen LogP contribution is 2.21. The zero-order valence-corrected chi connectivity index (χ0v) is 11.7. The van der Waals surface area contributed by atoms with Gasteiger partial charge in [-0.05, 0) is 19.8 Å².